The van der Waals surface area contributed by atoms with Gasteiger partial charge in [-0.1, -0.05) is 36.4 Å². The minimum absolute atomic E-state index is 0.00485. The van der Waals surface area contributed by atoms with Crippen LogP contribution >= 0.6 is 0 Å². The van der Waals surface area contributed by atoms with Gasteiger partial charge >= 0.3 is 0 Å². The molecule has 2 rings (SSSR count). The summed E-state index contributed by atoms with van der Waals surface area (Å²) in [6, 6.07) is 15.1. The molecule has 0 aliphatic heterocycles. The van der Waals surface area contributed by atoms with Gasteiger partial charge in [-0.15, -0.1) is 0 Å². The molecule has 0 aliphatic carbocycles. The third-order valence-electron chi connectivity index (χ3n) is 2.66. The van der Waals surface area contributed by atoms with Crippen LogP contribution in [0.3, 0.4) is 0 Å². The van der Waals surface area contributed by atoms with Crippen LogP contribution in [0.5, 0.6) is 5.75 Å². The van der Waals surface area contributed by atoms with Gasteiger partial charge in [0.15, 0.2) is 12.4 Å². The predicted molar refractivity (Wildman–Crippen MR) is 72.2 cm³/mol. The second-order valence-electron chi connectivity index (χ2n) is 4.40. The summed E-state index contributed by atoms with van der Waals surface area (Å²) in [6.07, 6.45) is 0. The number of carbonyl (C=O) groups is 1. The summed E-state index contributed by atoms with van der Waals surface area (Å²) in [5.41, 5.74) is 2.95. The Hall–Kier alpha value is -2.09. The SMILES string of the molecule is Cc1cc(C)cc(OCC(=O)c2ccccc2)c1. The van der Waals surface area contributed by atoms with E-state index in [-0.39, 0.29) is 12.4 Å². The third-order valence-corrected chi connectivity index (χ3v) is 2.66. The lowest BCUT2D eigenvalue weighted by Gasteiger charge is -2.07. The first-order valence-electron chi connectivity index (χ1n) is 5.94. The van der Waals surface area contributed by atoms with Gasteiger partial charge in [0.2, 0.25) is 0 Å². The number of ketones is 1. The van der Waals surface area contributed by atoms with E-state index >= 15 is 0 Å². The number of benzene rings is 2. The fraction of sp³-hybridized carbons (Fsp3) is 0.188. The molecule has 0 bridgehead atoms. The summed E-state index contributed by atoms with van der Waals surface area (Å²) in [5, 5.41) is 0. The molecule has 2 aromatic rings. The summed E-state index contributed by atoms with van der Waals surface area (Å²) >= 11 is 0. The molecule has 0 radical (unpaired) electrons. The van der Waals surface area contributed by atoms with Crippen molar-refractivity contribution in [1.82, 2.24) is 0 Å². The maximum Gasteiger partial charge on any atom is 0.200 e. The predicted octanol–water partition coefficient (Wildman–Crippen LogP) is 3.57. The highest BCUT2D eigenvalue weighted by molar-refractivity contribution is 5.97. The molecule has 0 saturated heterocycles. The van der Waals surface area contributed by atoms with E-state index < -0.39 is 0 Å². The Morgan fingerprint density at radius 1 is 1.00 bits per heavy atom. The van der Waals surface area contributed by atoms with Gasteiger partial charge in [-0.25, -0.2) is 0 Å². The van der Waals surface area contributed by atoms with E-state index in [2.05, 4.69) is 6.07 Å². The molecule has 2 heteroatoms. The number of rotatable bonds is 4. The molecule has 0 saturated carbocycles. The molecule has 0 atom stereocenters. The van der Waals surface area contributed by atoms with Crippen LogP contribution in [0.25, 0.3) is 0 Å². The topological polar surface area (TPSA) is 26.3 Å². The molecule has 0 N–H and O–H groups in total. The number of hydrogen-bond acceptors (Lipinski definition) is 2. The Morgan fingerprint density at radius 2 is 1.61 bits per heavy atom. The van der Waals surface area contributed by atoms with Crippen molar-refractivity contribution in [3.05, 3.63) is 65.2 Å². The molecule has 0 aromatic heterocycles. The van der Waals surface area contributed by atoms with Crippen molar-refractivity contribution < 1.29 is 9.53 Å². The van der Waals surface area contributed by atoms with Gasteiger partial charge in [0.1, 0.15) is 5.75 Å². The van der Waals surface area contributed by atoms with Crippen molar-refractivity contribution >= 4 is 5.78 Å². The maximum atomic E-state index is 11.9. The molecule has 2 nitrogen and oxygen atoms in total. The molecule has 2 aromatic carbocycles. The van der Waals surface area contributed by atoms with Gasteiger partial charge in [0.05, 0.1) is 0 Å². The van der Waals surface area contributed by atoms with Crippen LogP contribution in [-0.4, -0.2) is 12.4 Å². The van der Waals surface area contributed by atoms with Crippen molar-refractivity contribution in [2.45, 2.75) is 13.8 Å². The Balaban J connectivity index is 2.02. The highest BCUT2D eigenvalue weighted by atomic mass is 16.5. The summed E-state index contributed by atoms with van der Waals surface area (Å²) in [5.74, 6) is 0.742. The lowest BCUT2D eigenvalue weighted by Crippen LogP contribution is -2.11. The van der Waals surface area contributed by atoms with Crippen LogP contribution in [0, 0.1) is 13.8 Å². The highest BCUT2D eigenvalue weighted by Gasteiger charge is 2.06. The van der Waals surface area contributed by atoms with Crippen LogP contribution in [0.2, 0.25) is 0 Å². The molecule has 0 spiro atoms. The average Bonchev–Trinajstić information content (AvgIpc) is 2.36. The van der Waals surface area contributed by atoms with Crippen LogP contribution in [0.1, 0.15) is 21.5 Å². The maximum absolute atomic E-state index is 11.9. The third kappa shape index (κ3) is 3.20. The second-order valence-corrected chi connectivity index (χ2v) is 4.40. The van der Waals surface area contributed by atoms with E-state index in [1.54, 1.807) is 12.1 Å². The average molecular weight is 240 g/mol. The van der Waals surface area contributed by atoms with Crippen LogP contribution in [0.4, 0.5) is 0 Å². The molecule has 18 heavy (non-hydrogen) atoms. The largest absolute Gasteiger partial charge is 0.485 e. The summed E-state index contributed by atoms with van der Waals surface area (Å²) in [4.78, 5) is 11.9. The first kappa shape index (κ1) is 12.4. The number of Topliss-reactive ketones (excluding diaryl/α,β-unsaturated/α-hetero) is 1. The van der Waals surface area contributed by atoms with Crippen molar-refractivity contribution in [3.8, 4) is 5.75 Å². The normalized spacial score (nSPS) is 10.1. The Kier molecular flexibility index (Phi) is 3.78. The van der Waals surface area contributed by atoms with E-state index in [1.807, 2.05) is 44.2 Å². The Bertz CT molecular complexity index is 524. The Labute approximate surface area is 107 Å². The van der Waals surface area contributed by atoms with Crippen molar-refractivity contribution in [2.24, 2.45) is 0 Å². The zero-order valence-electron chi connectivity index (χ0n) is 10.6. The molecule has 0 aliphatic rings. The van der Waals surface area contributed by atoms with Crippen LogP contribution < -0.4 is 4.74 Å². The van der Waals surface area contributed by atoms with Gasteiger partial charge in [0.25, 0.3) is 0 Å². The monoisotopic (exact) mass is 240 g/mol. The van der Waals surface area contributed by atoms with Crippen LogP contribution in [0.15, 0.2) is 48.5 Å². The van der Waals surface area contributed by atoms with Gasteiger partial charge < -0.3 is 4.74 Å². The molecule has 0 amide bonds. The zero-order valence-corrected chi connectivity index (χ0v) is 10.6. The van der Waals surface area contributed by atoms with Gasteiger partial charge in [0, 0.05) is 5.56 Å². The zero-order chi connectivity index (χ0) is 13.0. The van der Waals surface area contributed by atoms with Crippen molar-refractivity contribution in [2.75, 3.05) is 6.61 Å². The lowest BCUT2D eigenvalue weighted by atomic mass is 10.1. The van der Waals surface area contributed by atoms with Crippen molar-refractivity contribution in [3.63, 3.8) is 0 Å². The fourth-order valence-electron chi connectivity index (χ4n) is 1.87. The fourth-order valence-corrected chi connectivity index (χ4v) is 1.87. The van der Waals surface area contributed by atoms with Crippen molar-refractivity contribution in [1.29, 1.82) is 0 Å². The van der Waals surface area contributed by atoms with E-state index in [4.69, 9.17) is 4.74 Å². The minimum atomic E-state index is -0.00485. The molecular formula is C16H16O2. The van der Waals surface area contributed by atoms with Gasteiger partial charge in [-0.05, 0) is 37.1 Å². The lowest BCUT2D eigenvalue weighted by molar-refractivity contribution is 0.0921. The number of aryl methyl sites for hydroxylation is 2. The summed E-state index contributed by atoms with van der Waals surface area (Å²) < 4.78 is 5.53. The first-order chi connectivity index (χ1) is 8.65. The van der Waals surface area contributed by atoms with E-state index in [0.29, 0.717) is 5.56 Å². The highest BCUT2D eigenvalue weighted by Crippen LogP contribution is 2.16. The quantitative estimate of drug-likeness (QED) is 0.764. The van der Waals surface area contributed by atoms with Gasteiger partial charge in [-0.2, -0.15) is 0 Å². The minimum Gasteiger partial charge on any atom is -0.485 e. The molecule has 0 fully saturated rings. The van der Waals surface area contributed by atoms with E-state index in [0.717, 1.165) is 16.9 Å². The van der Waals surface area contributed by atoms with Crippen LogP contribution in [-0.2, 0) is 0 Å². The number of carbonyl (C=O) groups excluding carboxylic acids is 1. The van der Waals surface area contributed by atoms with Gasteiger partial charge in [-0.3, -0.25) is 4.79 Å². The molecular weight excluding hydrogens is 224 g/mol. The molecule has 0 heterocycles. The van der Waals surface area contributed by atoms with E-state index in [9.17, 15) is 4.79 Å². The summed E-state index contributed by atoms with van der Waals surface area (Å²) in [6.45, 7) is 4.10. The standard InChI is InChI=1S/C16H16O2/c1-12-8-13(2)10-15(9-12)18-11-16(17)14-6-4-3-5-7-14/h3-10H,11H2,1-2H3. The smallest absolute Gasteiger partial charge is 0.200 e. The van der Waals surface area contributed by atoms with E-state index in [1.165, 1.54) is 0 Å². The Morgan fingerprint density at radius 3 is 2.22 bits per heavy atom. The number of ether oxygens (including phenoxy) is 1. The second kappa shape index (κ2) is 5.50. The summed E-state index contributed by atoms with van der Waals surface area (Å²) in [7, 11) is 0. The first-order valence-corrected chi connectivity index (χ1v) is 5.94. The number of hydrogen-bond donors (Lipinski definition) is 0. The molecule has 0 unspecified atom stereocenters. The molecule has 92 valence electrons.